The van der Waals surface area contributed by atoms with Crippen molar-refractivity contribution in [2.75, 3.05) is 12.0 Å². The van der Waals surface area contributed by atoms with Gasteiger partial charge in [0.25, 0.3) is 0 Å². The highest BCUT2D eigenvalue weighted by atomic mass is 19.3. The van der Waals surface area contributed by atoms with Crippen molar-refractivity contribution in [3.05, 3.63) is 17.1 Å². The molecule has 20 heavy (non-hydrogen) atoms. The quantitative estimate of drug-likeness (QED) is 0.474. The standard InChI is InChI=1S/C11H14F4N4O/c12-10(13)11(14,15)5-20-4-8-17-7-3-1-2-6(7)9(18-8)19-16/h10H,1-5,16H2,(H,17,18,19). The number of hydrazine groups is 1. The second kappa shape index (κ2) is 5.88. The van der Waals surface area contributed by atoms with Gasteiger partial charge >= 0.3 is 12.3 Å². The summed E-state index contributed by atoms with van der Waals surface area (Å²) >= 11 is 0. The lowest BCUT2D eigenvalue weighted by Crippen LogP contribution is -2.32. The summed E-state index contributed by atoms with van der Waals surface area (Å²) in [5.41, 5.74) is 4.10. The van der Waals surface area contributed by atoms with E-state index < -0.39 is 19.0 Å². The molecule has 0 aromatic carbocycles. The third kappa shape index (κ3) is 3.15. The number of aromatic nitrogens is 2. The maximum absolute atomic E-state index is 12.7. The second-order valence-electron chi connectivity index (χ2n) is 4.47. The van der Waals surface area contributed by atoms with E-state index in [4.69, 9.17) is 5.84 Å². The smallest absolute Gasteiger partial charge is 0.330 e. The molecule has 1 aromatic rings. The number of halogens is 4. The first-order valence-electron chi connectivity index (χ1n) is 6.03. The third-order valence-electron chi connectivity index (χ3n) is 2.96. The molecule has 3 N–H and O–H groups in total. The van der Waals surface area contributed by atoms with Crippen molar-refractivity contribution >= 4 is 5.82 Å². The van der Waals surface area contributed by atoms with Gasteiger partial charge in [-0.3, -0.25) is 0 Å². The Morgan fingerprint density at radius 2 is 2.05 bits per heavy atom. The number of nitrogen functional groups attached to an aromatic ring is 1. The van der Waals surface area contributed by atoms with Crippen molar-refractivity contribution < 1.29 is 22.3 Å². The lowest BCUT2D eigenvalue weighted by molar-refractivity contribution is -0.168. The van der Waals surface area contributed by atoms with Crippen LogP contribution in [0.3, 0.4) is 0 Å². The van der Waals surface area contributed by atoms with Crippen LogP contribution in [0.15, 0.2) is 0 Å². The topological polar surface area (TPSA) is 73.1 Å². The van der Waals surface area contributed by atoms with Crippen LogP contribution < -0.4 is 11.3 Å². The van der Waals surface area contributed by atoms with E-state index in [0.29, 0.717) is 5.82 Å². The molecule has 0 atom stereocenters. The highest BCUT2D eigenvalue weighted by Crippen LogP contribution is 2.26. The Morgan fingerprint density at radius 1 is 1.30 bits per heavy atom. The number of ether oxygens (including phenoxy) is 1. The maximum Gasteiger partial charge on any atom is 0.330 e. The summed E-state index contributed by atoms with van der Waals surface area (Å²) in [6.07, 6.45) is -1.32. The van der Waals surface area contributed by atoms with Gasteiger partial charge in [-0.05, 0) is 19.3 Å². The number of fused-ring (bicyclic) bond motifs is 1. The molecule has 112 valence electrons. The fourth-order valence-corrected chi connectivity index (χ4v) is 2.01. The molecule has 0 spiro atoms. The van der Waals surface area contributed by atoms with Gasteiger partial charge in [-0.25, -0.2) is 24.6 Å². The zero-order chi connectivity index (χ0) is 14.8. The van der Waals surface area contributed by atoms with Crippen molar-refractivity contribution in [2.45, 2.75) is 38.2 Å². The highest BCUT2D eigenvalue weighted by Gasteiger charge is 2.41. The molecule has 1 aromatic heterocycles. The molecule has 5 nitrogen and oxygen atoms in total. The molecule has 0 unspecified atom stereocenters. The minimum atomic E-state index is -4.17. The largest absolute Gasteiger partial charge is 0.367 e. The molecule has 0 bridgehead atoms. The van der Waals surface area contributed by atoms with E-state index in [1.54, 1.807) is 0 Å². The Labute approximate surface area is 112 Å². The van der Waals surface area contributed by atoms with Crippen LogP contribution in [0, 0.1) is 0 Å². The van der Waals surface area contributed by atoms with Crippen LogP contribution >= 0.6 is 0 Å². The van der Waals surface area contributed by atoms with E-state index in [-0.39, 0.29) is 12.4 Å². The van der Waals surface area contributed by atoms with Crippen molar-refractivity contribution in [2.24, 2.45) is 5.84 Å². The summed E-state index contributed by atoms with van der Waals surface area (Å²) in [5.74, 6) is 1.72. The first-order valence-corrected chi connectivity index (χ1v) is 6.03. The van der Waals surface area contributed by atoms with Gasteiger partial charge in [-0.1, -0.05) is 0 Å². The zero-order valence-electron chi connectivity index (χ0n) is 10.5. The van der Waals surface area contributed by atoms with E-state index in [9.17, 15) is 17.6 Å². The average molecular weight is 294 g/mol. The van der Waals surface area contributed by atoms with E-state index in [0.717, 1.165) is 30.5 Å². The van der Waals surface area contributed by atoms with Crippen LogP contribution in [0.1, 0.15) is 23.5 Å². The number of nitrogens with zero attached hydrogens (tertiary/aromatic N) is 2. The Morgan fingerprint density at radius 3 is 2.70 bits per heavy atom. The second-order valence-corrected chi connectivity index (χ2v) is 4.47. The van der Waals surface area contributed by atoms with E-state index in [1.807, 2.05) is 0 Å². The van der Waals surface area contributed by atoms with E-state index in [2.05, 4.69) is 20.1 Å². The summed E-state index contributed by atoms with van der Waals surface area (Å²) in [7, 11) is 0. The van der Waals surface area contributed by atoms with Gasteiger partial charge < -0.3 is 10.2 Å². The fourth-order valence-electron chi connectivity index (χ4n) is 2.01. The molecule has 0 radical (unpaired) electrons. The fraction of sp³-hybridized carbons (Fsp3) is 0.636. The van der Waals surface area contributed by atoms with Crippen LogP contribution in [0.4, 0.5) is 23.4 Å². The molecule has 2 rings (SSSR count). The third-order valence-corrected chi connectivity index (χ3v) is 2.96. The molecular weight excluding hydrogens is 280 g/mol. The maximum atomic E-state index is 12.7. The van der Waals surface area contributed by atoms with Gasteiger partial charge in [0.1, 0.15) is 19.0 Å². The van der Waals surface area contributed by atoms with Gasteiger partial charge in [0.05, 0.1) is 0 Å². The monoisotopic (exact) mass is 294 g/mol. The Hall–Kier alpha value is -1.48. The van der Waals surface area contributed by atoms with Gasteiger partial charge in [0.2, 0.25) is 0 Å². The normalized spacial score (nSPS) is 14.7. The number of nitrogens with one attached hydrogen (secondary N) is 1. The van der Waals surface area contributed by atoms with Crippen molar-refractivity contribution in [3.63, 3.8) is 0 Å². The highest BCUT2D eigenvalue weighted by molar-refractivity contribution is 5.47. The van der Waals surface area contributed by atoms with Crippen LogP contribution in [0.2, 0.25) is 0 Å². The molecule has 0 fully saturated rings. The Balaban J connectivity index is 2.01. The van der Waals surface area contributed by atoms with E-state index in [1.165, 1.54) is 0 Å². The van der Waals surface area contributed by atoms with Crippen LogP contribution in [0.5, 0.6) is 0 Å². The van der Waals surface area contributed by atoms with Crippen LogP contribution in [-0.4, -0.2) is 28.9 Å². The predicted molar refractivity (Wildman–Crippen MR) is 62.5 cm³/mol. The summed E-state index contributed by atoms with van der Waals surface area (Å²) < 4.78 is 53.8. The van der Waals surface area contributed by atoms with Crippen molar-refractivity contribution in [1.29, 1.82) is 0 Å². The minimum absolute atomic E-state index is 0.142. The molecule has 1 aliphatic carbocycles. The molecule has 9 heteroatoms. The predicted octanol–water partition coefficient (Wildman–Crippen LogP) is 1.67. The minimum Gasteiger partial charge on any atom is -0.367 e. The average Bonchev–Trinajstić information content (AvgIpc) is 2.85. The number of alkyl halides is 4. The molecular formula is C11H14F4N4O. The number of aryl methyl sites for hydroxylation is 1. The Kier molecular flexibility index (Phi) is 4.39. The van der Waals surface area contributed by atoms with Gasteiger partial charge in [-0.2, -0.15) is 8.78 Å². The lowest BCUT2D eigenvalue weighted by atomic mass is 10.2. The van der Waals surface area contributed by atoms with Crippen LogP contribution in [-0.2, 0) is 24.2 Å². The molecule has 0 saturated carbocycles. The lowest BCUT2D eigenvalue weighted by Gasteiger charge is -2.15. The number of anilines is 1. The summed E-state index contributed by atoms with van der Waals surface area (Å²) in [6.45, 7) is -1.75. The Bertz CT molecular complexity index is 484. The summed E-state index contributed by atoms with van der Waals surface area (Å²) in [5, 5.41) is 0. The molecule has 1 heterocycles. The molecule has 0 aliphatic heterocycles. The summed E-state index contributed by atoms with van der Waals surface area (Å²) in [4.78, 5) is 8.18. The SMILES string of the molecule is NNc1nc(COCC(F)(F)C(F)F)nc2c1CCC2. The van der Waals surface area contributed by atoms with Crippen molar-refractivity contribution in [3.8, 4) is 0 Å². The molecule has 1 aliphatic rings. The van der Waals surface area contributed by atoms with Crippen molar-refractivity contribution in [1.82, 2.24) is 9.97 Å². The first kappa shape index (κ1) is 14.9. The molecule has 0 amide bonds. The summed E-state index contributed by atoms with van der Waals surface area (Å²) in [6, 6.07) is 0. The van der Waals surface area contributed by atoms with Crippen LogP contribution in [0.25, 0.3) is 0 Å². The number of nitrogens with two attached hydrogens (primary N) is 1. The number of hydrogen-bond donors (Lipinski definition) is 2. The number of hydrogen-bond acceptors (Lipinski definition) is 5. The molecule has 0 saturated heterocycles. The zero-order valence-corrected chi connectivity index (χ0v) is 10.5. The number of rotatable bonds is 6. The van der Waals surface area contributed by atoms with Gasteiger partial charge in [0.15, 0.2) is 5.82 Å². The first-order chi connectivity index (χ1) is 9.44. The van der Waals surface area contributed by atoms with Gasteiger partial charge in [-0.15, -0.1) is 0 Å². The van der Waals surface area contributed by atoms with Gasteiger partial charge in [0, 0.05) is 11.3 Å². The van der Waals surface area contributed by atoms with E-state index >= 15 is 0 Å².